The van der Waals surface area contributed by atoms with Crippen molar-refractivity contribution in [3.05, 3.63) is 54.4 Å². The standard InChI is InChI=1S/C15H19NO/c1-15(2,3)17-12-13-7-6-8-14(11-13)16-9-4-5-10-16/h4-11H,12H2,1-3H3. The molecule has 90 valence electrons. The molecule has 0 aliphatic heterocycles. The summed E-state index contributed by atoms with van der Waals surface area (Å²) in [6.07, 6.45) is 4.09. The van der Waals surface area contributed by atoms with Gasteiger partial charge in [-0.3, -0.25) is 0 Å². The predicted molar refractivity (Wildman–Crippen MR) is 70.3 cm³/mol. The van der Waals surface area contributed by atoms with Crippen LogP contribution in [-0.4, -0.2) is 10.2 Å². The van der Waals surface area contributed by atoms with Gasteiger partial charge in [-0.2, -0.15) is 0 Å². The molecule has 0 atom stereocenters. The highest BCUT2D eigenvalue weighted by Crippen LogP contribution is 2.15. The Labute approximate surface area is 103 Å². The van der Waals surface area contributed by atoms with Gasteiger partial charge in [0.1, 0.15) is 0 Å². The molecular formula is C15H19NO. The van der Waals surface area contributed by atoms with E-state index in [1.807, 2.05) is 24.5 Å². The smallest absolute Gasteiger partial charge is 0.0724 e. The highest BCUT2D eigenvalue weighted by molar-refractivity contribution is 5.36. The number of benzene rings is 1. The Bertz CT molecular complexity index is 466. The van der Waals surface area contributed by atoms with Gasteiger partial charge in [0.25, 0.3) is 0 Å². The SMILES string of the molecule is CC(C)(C)OCc1cccc(-n2cccc2)c1. The molecule has 0 aliphatic carbocycles. The third-order valence-electron chi connectivity index (χ3n) is 2.49. The minimum atomic E-state index is -0.0938. The molecule has 2 aromatic rings. The molecule has 0 unspecified atom stereocenters. The summed E-state index contributed by atoms with van der Waals surface area (Å²) >= 11 is 0. The highest BCUT2D eigenvalue weighted by atomic mass is 16.5. The van der Waals surface area contributed by atoms with Crippen LogP contribution in [0, 0.1) is 0 Å². The van der Waals surface area contributed by atoms with Gasteiger partial charge in [-0.1, -0.05) is 12.1 Å². The lowest BCUT2D eigenvalue weighted by Gasteiger charge is -2.19. The molecule has 0 aliphatic rings. The van der Waals surface area contributed by atoms with Crippen LogP contribution in [0.5, 0.6) is 0 Å². The van der Waals surface area contributed by atoms with Gasteiger partial charge < -0.3 is 9.30 Å². The van der Waals surface area contributed by atoms with Crippen molar-refractivity contribution in [2.75, 3.05) is 0 Å². The van der Waals surface area contributed by atoms with Crippen molar-refractivity contribution in [3.8, 4) is 5.69 Å². The van der Waals surface area contributed by atoms with E-state index in [1.54, 1.807) is 0 Å². The second kappa shape index (κ2) is 4.76. The van der Waals surface area contributed by atoms with E-state index in [4.69, 9.17) is 4.74 Å². The van der Waals surface area contributed by atoms with Crippen LogP contribution in [-0.2, 0) is 11.3 Å². The summed E-state index contributed by atoms with van der Waals surface area (Å²) in [6, 6.07) is 12.5. The molecule has 0 radical (unpaired) electrons. The Balaban J connectivity index is 2.12. The average Bonchev–Trinajstić information content (AvgIpc) is 2.79. The lowest BCUT2D eigenvalue weighted by molar-refractivity contribution is -0.0149. The van der Waals surface area contributed by atoms with Gasteiger partial charge >= 0.3 is 0 Å². The van der Waals surface area contributed by atoms with E-state index >= 15 is 0 Å². The van der Waals surface area contributed by atoms with Crippen LogP contribution in [0.2, 0.25) is 0 Å². The maximum absolute atomic E-state index is 5.78. The van der Waals surface area contributed by atoms with Crippen LogP contribution >= 0.6 is 0 Å². The third-order valence-corrected chi connectivity index (χ3v) is 2.49. The van der Waals surface area contributed by atoms with Crippen molar-refractivity contribution in [3.63, 3.8) is 0 Å². The van der Waals surface area contributed by atoms with Crippen molar-refractivity contribution in [1.29, 1.82) is 0 Å². The van der Waals surface area contributed by atoms with Gasteiger partial charge in [0.15, 0.2) is 0 Å². The van der Waals surface area contributed by atoms with E-state index in [2.05, 4.69) is 49.6 Å². The third kappa shape index (κ3) is 3.46. The largest absolute Gasteiger partial charge is 0.371 e. The van der Waals surface area contributed by atoms with Crippen molar-refractivity contribution in [2.45, 2.75) is 33.0 Å². The first-order valence-electron chi connectivity index (χ1n) is 5.91. The summed E-state index contributed by atoms with van der Waals surface area (Å²) in [5.74, 6) is 0. The predicted octanol–water partition coefficient (Wildman–Crippen LogP) is 3.79. The van der Waals surface area contributed by atoms with E-state index in [-0.39, 0.29) is 5.60 Å². The zero-order valence-corrected chi connectivity index (χ0v) is 10.7. The van der Waals surface area contributed by atoms with Crippen molar-refractivity contribution >= 4 is 0 Å². The molecule has 2 nitrogen and oxygen atoms in total. The fourth-order valence-electron chi connectivity index (χ4n) is 1.61. The Morgan fingerprint density at radius 2 is 1.76 bits per heavy atom. The van der Waals surface area contributed by atoms with E-state index in [1.165, 1.54) is 11.3 Å². The number of aromatic nitrogens is 1. The Morgan fingerprint density at radius 3 is 2.41 bits per heavy atom. The molecule has 0 fully saturated rings. The maximum Gasteiger partial charge on any atom is 0.0724 e. The molecule has 0 bridgehead atoms. The summed E-state index contributed by atoms with van der Waals surface area (Å²) in [4.78, 5) is 0. The van der Waals surface area contributed by atoms with Crippen LogP contribution in [0.4, 0.5) is 0 Å². The lowest BCUT2D eigenvalue weighted by Crippen LogP contribution is -2.18. The van der Waals surface area contributed by atoms with Crippen LogP contribution in [0.15, 0.2) is 48.8 Å². The van der Waals surface area contributed by atoms with E-state index < -0.39 is 0 Å². The summed E-state index contributed by atoms with van der Waals surface area (Å²) in [5, 5.41) is 0. The first-order valence-corrected chi connectivity index (χ1v) is 5.91. The van der Waals surface area contributed by atoms with Gasteiger partial charge in [0.05, 0.1) is 12.2 Å². The topological polar surface area (TPSA) is 14.2 Å². The van der Waals surface area contributed by atoms with Crippen LogP contribution in [0.1, 0.15) is 26.3 Å². The average molecular weight is 229 g/mol. The van der Waals surface area contributed by atoms with Gasteiger partial charge in [-0.25, -0.2) is 0 Å². The van der Waals surface area contributed by atoms with E-state index in [0.717, 1.165) is 0 Å². The van der Waals surface area contributed by atoms with Crippen molar-refractivity contribution in [2.24, 2.45) is 0 Å². The Morgan fingerprint density at radius 1 is 1.06 bits per heavy atom. The lowest BCUT2D eigenvalue weighted by atomic mass is 10.1. The second-order valence-electron chi connectivity index (χ2n) is 5.16. The Hall–Kier alpha value is -1.54. The van der Waals surface area contributed by atoms with Gasteiger partial charge in [-0.05, 0) is 50.6 Å². The molecule has 1 aromatic carbocycles. The minimum Gasteiger partial charge on any atom is -0.371 e. The molecule has 0 spiro atoms. The molecular weight excluding hydrogens is 210 g/mol. The normalized spacial score (nSPS) is 11.7. The number of ether oxygens (including phenoxy) is 1. The summed E-state index contributed by atoms with van der Waals surface area (Å²) in [7, 11) is 0. The maximum atomic E-state index is 5.78. The summed E-state index contributed by atoms with van der Waals surface area (Å²) in [6.45, 7) is 6.87. The zero-order chi connectivity index (χ0) is 12.3. The van der Waals surface area contributed by atoms with Gasteiger partial charge in [0, 0.05) is 18.1 Å². The summed E-state index contributed by atoms with van der Waals surface area (Å²) < 4.78 is 7.88. The molecule has 1 heterocycles. The van der Waals surface area contributed by atoms with Crippen molar-refractivity contribution in [1.82, 2.24) is 4.57 Å². The molecule has 17 heavy (non-hydrogen) atoms. The molecule has 1 aromatic heterocycles. The van der Waals surface area contributed by atoms with Crippen LogP contribution < -0.4 is 0 Å². The fraction of sp³-hybridized carbons (Fsp3) is 0.333. The Kier molecular flexibility index (Phi) is 3.34. The van der Waals surface area contributed by atoms with Crippen LogP contribution in [0.3, 0.4) is 0 Å². The van der Waals surface area contributed by atoms with Gasteiger partial charge in [-0.15, -0.1) is 0 Å². The molecule has 0 saturated heterocycles. The van der Waals surface area contributed by atoms with E-state index in [9.17, 15) is 0 Å². The molecule has 2 heteroatoms. The highest BCUT2D eigenvalue weighted by Gasteiger charge is 2.10. The molecule has 0 N–H and O–H groups in total. The van der Waals surface area contributed by atoms with Crippen LogP contribution in [0.25, 0.3) is 5.69 Å². The van der Waals surface area contributed by atoms with Gasteiger partial charge in [0.2, 0.25) is 0 Å². The molecule has 0 amide bonds. The number of hydrogen-bond acceptors (Lipinski definition) is 1. The number of nitrogens with zero attached hydrogens (tertiary/aromatic N) is 1. The quantitative estimate of drug-likeness (QED) is 0.781. The fourth-order valence-corrected chi connectivity index (χ4v) is 1.61. The second-order valence-corrected chi connectivity index (χ2v) is 5.16. The first kappa shape index (κ1) is 11.9. The molecule has 0 saturated carbocycles. The molecule has 2 rings (SSSR count). The zero-order valence-electron chi connectivity index (χ0n) is 10.7. The number of hydrogen-bond donors (Lipinski definition) is 0. The minimum absolute atomic E-state index is 0.0938. The summed E-state index contributed by atoms with van der Waals surface area (Å²) in [5.41, 5.74) is 2.28. The monoisotopic (exact) mass is 229 g/mol. The van der Waals surface area contributed by atoms with E-state index in [0.29, 0.717) is 6.61 Å². The van der Waals surface area contributed by atoms with Crippen molar-refractivity contribution < 1.29 is 4.74 Å². The number of rotatable bonds is 3. The first-order chi connectivity index (χ1) is 8.04.